The van der Waals surface area contributed by atoms with E-state index < -0.39 is 0 Å². The zero-order valence-corrected chi connectivity index (χ0v) is 20.4. The van der Waals surface area contributed by atoms with E-state index in [1.165, 1.54) is 24.5 Å². The van der Waals surface area contributed by atoms with Crippen LogP contribution in [-0.2, 0) is 6.61 Å². The normalized spacial score (nSPS) is 11.0. The molecule has 5 nitrogen and oxygen atoms in total. The predicted octanol–water partition coefficient (Wildman–Crippen LogP) is 6.81. The summed E-state index contributed by atoms with van der Waals surface area (Å²) in [6.45, 7) is 0.0412. The van der Waals surface area contributed by atoms with E-state index in [9.17, 15) is 9.18 Å². The zero-order chi connectivity index (χ0) is 23.7. The highest BCUT2D eigenvalue weighted by atomic mass is 79.9. The molecule has 0 unspecified atom stereocenters. The summed E-state index contributed by atoms with van der Waals surface area (Å²) in [5, 5.41) is 0.545. The summed E-state index contributed by atoms with van der Waals surface area (Å²) < 4.78 is 25.9. The summed E-state index contributed by atoms with van der Waals surface area (Å²) >= 11 is 4.98. The fraction of sp³-hybridized carbons (Fsp3) is 0.0769. The summed E-state index contributed by atoms with van der Waals surface area (Å²) in [5.41, 5.74) is 1.90. The monoisotopic (exact) mass is 536 g/mol. The van der Waals surface area contributed by atoms with E-state index >= 15 is 0 Å². The fourth-order valence-electron chi connectivity index (χ4n) is 3.57. The van der Waals surface area contributed by atoms with Crippen LogP contribution in [0.1, 0.15) is 5.56 Å². The Morgan fingerprint density at radius 2 is 1.79 bits per heavy atom. The Balaban J connectivity index is 1.51. The first-order valence-corrected chi connectivity index (χ1v) is 12.0. The van der Waals surface area contributed by atoms with Crippen LogP contribution in [-0.4, -0.2) is 17.1 Å². The molecular formula is C26H18BrFN2O3S. The number of hydrogen-bond acceptors (Lipinski definition) is 5. The van der Waals surface area contributed by atoms with Gasteiger partial charge in [0.15, 0.2) is 11.5 Å². The number of halogens is 2. The number of hydrogen-bond donors (Lipinski definition) is 1. The molecule has 0 saturated carbocycles. The predicted molar refractivity (Wildman–Crippen MR) is 136 cm³/mol. The second kappa shape index (κ2) is 9.40. The highest BCUT2D eigenvalue weighted by molar-refractivity contribution is 9.10. The van der Waals surface area contributed by atoms with E-state index in [-0.39, 0.29) is 18.0 Å². The van der Waals surface area contributed by atoms with Gasteiger partial charge in [-0.15, -0.1) is 11.3 Å². The van der Waals surface area contributed by atoms with Crippen LogP contribution in [0.3, 0.4) is 0 Å². The standard InChI is InChI=1S/C26H18BrFN2O3S/c1-32-21-12-17(11-19(27)23(21)33-14-16-9-5-6-10-20(16)28)24-29-25(31)18-13-22(34-26(18)30-24)15-7-3-2-4-8-15/h2-13H,14H2,1H3,(H,29,30,31). The van der Waals surface area contributed by atoms with Gasteiger partial charge in [0.05, 0.1) is 17.0 Å². The largest absolute Gasteiger partial charge is 0.493 e. The molecule has 2 heterocycles. The van der Waals surface area contributed by atoms with Crippen LogP contribution < -0.4 is 15.0 Å². The second-order valence-electron chi connectivity index (χ2n) is 7.48. The maximum Gasteiger partial charge on any atom is 0.259 e. The Morgan fingerprint density at radius 3 is 2.56 bits per heavy atom. The molecular weight excluding hydrogens is 519 g/mol. The van der Waals surface area contributed by atoms with Crippen molar-refractivity contribution in [2.75, 3.05) is 7.11 Å². The lowest BCUT2D eigenvalue weighted by Gasteiger charge is -2.14. The fourth-order valence-corrected chi connectivity index (χ4v) is 5.17. The van der Waals surface area contributed by atoms with Crippen molar-refractivity contribution in [3.63, 3.8) is 0 Å². The smallest absolute Gasteiger partial charge is 0.259 e. The first kappa shape index (κ1) is 22.3. The lowest BCUT2D eigenvalue weighted by molar-refractivity contribution is 0.278. The van der Waals surface area contributed by atoms with E-state index in [4.69, 9.17) is 14.5 Å². The van der Waals surface area contributed by atoms with Gasteiger partial charge >= 0.3 is 0 Å². The number of nitrogens with zero attached hydrogens (tertiary/aromatic N) is 1. The Bertz CT molecular complexity index is 1550. The molecule has 0 atom stereocenters. The summed E-state index contributed by atoms with van der Waals surface area (Å²) in [6, 6.07) is 21.7. The van der Waals surface area contributed by atoms with Crippen molar-refractivity contribution in [1.82, 2.24) is 9.97 Å². The van der Waals surface area contributed by atoms with E-state index in [2.05, 4.69) is 20.9 Å². The molecule has 170 valence electrons. The Morgan fingerprint density at radius 1 is 1.03 bits per heavy atom. The molecule has 1 N–H and O–H groups in total. The van der Waals surface area contributed by atoms with Crippen molar-refractivity contribution in [3.05, 3.63) is 99.0 Å². The minimum atomic E-state index is -0.338. The average Bonchev–Trinajstić information content (AvgIpc) is 3.29. The van der Waals surface area contributed by atoms with Gasteiger partial charge in [-0.05, 0) is 45.8 Å². The van der Waals surface area contributed by atoms with Gasteiger partial charge in [0.25, 0.3) is 5.56 Å². The number of rotatable bonds is 6. The number of benzene rings is 3. The minimum absolute atomic E-state index is 0.0412. The zero-order valence-electron chi connectivity index (χ0n) is 18.0. The van der Waals surface area contributed by atoms with Crippen molar-refractivity contribution in [2.24, 2.45) is 0 Å². The topological polar surface area (TPSA) is 64.2 Å². The van der Waals surface area contributed by atoms with Gasteiger partial charge in [-0.1, -0.05) is 48.5 Å². The highest BCUT2D eigenvalue weighted by Crippen LogP contribution is 2.40. The molecule has 5 rings (SSSR count). The second-order valence-corrected chi connectivity index (χ2v) is 9.36. The van der Waals surface area contributed by atoms with Crippen molar-refractivity contribution in [2.45, 2.75) is 6.61 Å². The van der Waals surface area contributed by atoms with E-state index in [0.29, 0.717) is 43.1 Å². The number of aromatic nitrogens is 2. The molecule has 0 fully saturated rings. The molecule has 0 saturated heterocycles. The van der Waals surface area contributed by atoms with Gasteiger partial charge in [-0.25, -0.2) is 9.37 Å². The van der Waals surface area contributed by atoms with Gasteiger partial charge in [0.2, 0.25) is 0 Å². The quantitative estimate of drug-likeness (QED) is 0.259. The van der Waals surface area contributed by atoms with Crippen LogP contribution in [0, 0.1) is 5.82 Å². The molecule has 34 heavy (non-hydrogen) atoms. The highest BCUT2D eigenvalue weighted by Gasteiger charge is 2.17. The molecule has 5 aromatic rings. The number of H-pyrrole nitrogens is 1. The van der Waals surface area contributed by atoms with Crippen molar-refractivity contribution in [1.29, 1.82) is 0 Å². The van der Waals surface area contributed by atoms with Crippen LogP contribution in [0.5, 0.6) is 11.5 Å². The molecule has 0 aliphatic rings. The summed E-state index contributed by atoms with van der Waals surface area (Å²) in [4.78, 5) is 22.0. The van der Waals surface area contributed by atoms with Crippen LogP contribution in [0.2, 0.25) is 0 Å². The molecule has 0 spiro atoms. The number of thiophene rings is 1. The summed E-state index contributed by atoms with van der Waals surface area (Å²) in [5.74, 6) is 0.939. The van der Waals surface area contributed by atoms with Crippen molar-refractivity contribution in [3.8, 4) is 33.3 Å². The number of fused-ring (bicyclic) bond motifs is 1. The maximum absolute atomic E-state index is 14.0. The van der Waals surface area contributed by atoms with Crippen LogP contribution in [0.4, 0.5) is 4.39 Å². The molecule has 0 aliphatic heterocycles. The van der Waals surface area contributed by atoms with Gasteiger partial charge in [-0.2, -0.15) is 0 Å². The van der Waals surface area contributed by atoms with E-state index in [1.54, 1.807) is 30.3 Å². The van der Waals surface area contributed by atoms with Crippen molar-refractivity contribution >= 4 is 37.5 Å². The van der Waals surface area contributed by atoms with Crippen LogP contribution in [0.15, 0.2) is 82.1 Å². The molecule has 0 radical (unpaired) electrons. The Hall–Kier alpha value is -3.49. The third-order valence-electron chi connectivity index (χ3n) is 5.29. The van der Waals surface area contributed by atoms with Gasteiger partial charge in [0, 0.05) is 16.0 Å². The average molecular weight is 537 g/mol. The third kappa shape index (κ3) is 4.34. The number of methoxy groups -OCH3 is 1. The van der Waals surface area contributed by atoms with Crippen molar-refractivity contribution < 1.29 is 13.9 Å². The van der Waals surface area contributed by atoms with E-state index in [0.717, 1.165) is 10.4 Å². The summed E-state index contributed by atoms with van der Waals surface area (Å²) in [6.07, 6.45) is 0. The lowest BCUT2D eigenvalue weighted by Crippen LogP contribution is -2.08. The van der Waals surface area contributed by atoms with Gasteiger partial charge in [0.1, 0.15) is 23.1 Å². The van der Waals surface area contributed by atoms with Crippen LogP contribution >= 0.6 is 27.3 Å². The number of ether oxygens (including phenoxy) is 2. The first-order valence-electron chi connectivity index (χ1n) is 10.4. The molecule has 3 aromatic carbocycles. The molecule has 0 bridgehead atoms. The molecule has 2 aromatic heterocycles. The lowest BCUT2D eigenvalue weighted by atomic mass is 10.1. The Kier molecular flexibility index (Phi) is 6.17. The number of aromatic amines is 1. The third-order valence-corrected chi connectivity index (χ3v) is 6.96. The minimum Gasteiger partial charge on any atom is -0.493 e. The van der Waals surface area contributed by atoms with E-state index in [1.807, 2.05) is 36.4 Å². The molecule has 0 amide bonds. The maximum atomic E-state index is 14.0. The molecule has 8 heteroatoms. The summed E-state index contributed by atoms with van der Waals surface area (Å²) in [7, 11) is 1.52. The van der Waals surface area contributed by atoms with Crippen LogP contribution in [0.25, 0.3) is 32.0 Å². The SMILES string of the molecule is COc1cc(-c2nc3sc(-c4ccccc4)cc3c(=O)[nH]2)cc(Br)c1OCc1ccccc1F. The first-order chi connectivity index (χ1) is 16.5. The number of nitrogens with one attached hydrogen (secondary N) is 1. The Labute approximate surface area is 207 Å². The van der Waals surface area contributed by atoms with Gasteiger partial charge in [-0.3, -0.25) is 4.79 Å². The molecule has 0 aliphatic carbocycles. The van der Waals surface area contributed by atoms with Gasteiger partial charge < -0.3 is 14.5 Å².